The zero-order valence-electron chi connectivity index (χ0n) is 22.0. The fraction of sp³-hybridized carbons (Fsp3) is 0.222. The number of ether oxygens (including phenoxy) is 3. The second-order valence-corrected chi connectivity index (χ2v) is 9.47. The first-order valence-corrected chi connectivity index (χ1v) is 12.3. The van der Waals surface area contributed by atoms with Gasteiger partial charge < -0.3 is 70.4 Å². The Hall–Kier alpha value is -5.65. The van der Waals surface area contributed by atoms with Crippen molar-refractivity contribution >= 4 is 18.2 Å². The number of hydrogen-bond acceptors (Lipinski definition) is 17. The molecule has 0 saturated carbocycles. The van der Waals surface area contributed by atoms with E-state index in [1.165, 1.54) is 0 Å². The second kappa shape index (κ2) is 11.9. The van der Waals surface area contributed by atoms with E-state index in [1.54, 1.807) is 0 Å². The lowest BCUT2D eigenvalue weighted by Gasteiger charge is -2.36. The Morgan fingerprint density at radius 2 is 1.36 bits per heavy atom. The molecule has 1 heterocycles. The number of carbonyl (C=O) groups excluding carboxylic acids is 3. The van der Waals surface area contributed by atoms with Crippen molar-refractivity contribution in [1.82, 2.24) is 0 Å². The molecule has 0 bridgehead atoms. The lowest BCUT2D eigenvalue weighted by atomic mass is 9.94. The molecule has 17 heteroatoms. The summed E-state index contributed by atoms with van der Waals surface area (Å²) in [7, 11) is 0. The minimum Gasteiger partial charge on any atom is -0.504 e. The SMILES string of the molecule is O=Cc1cc(O)c(O)c(O)c1-c1cc(C(=O)OC[C@H]2O[C@@H](OC(=O)c3cc(O)c(O)c(O)c3)[C@H](O)C[C@@H]2O)c(O)c(O)c1O. The van der Waals surface area contributed by atoms with Gasteiger partial charge in [-0.25, -0.2) is 9.59 Å². The van der Waals surface area contributed by atoms with Gasteiger partial charge in [-0.1, -0.05) is 0 Å². The van der Waals surface area contributed by atoms with Crippen LogP contribution in [0.25, 0.3) is 11.1 Å². The topological polar surface area (TPSA) is 301 Å². The maximum Gasteiger partial charge on any atom is 0.342 e. The van der Waals surface area contributed by atoms with Gasteiger partial charge in [-0.15, -0.1) is 0 Å². The van der Waals surface area contributed by atoms with Crippen LogP contribution in [0.15, 0.2) is 24.3 Å². The van der Waals surface area contributed by atoms with Gasteiger partial charge in [0.2, 0.25) is 17.8 Å². The van der Waals surface area contributed by atoms with Crippen molar-refractivity contribution in [1.29, 1.82) is 0 Å². The van der Waals surface area contributed by atoms with E-state index in [-0.39, 0.29) is 6.29 Å². The highest BCUT2D eigenvalue weighted by atomic mass is 16.7. The molecule has 17 nitrogen and oxygen atoms in total. The predicted octanol–water partition coefficient (Wildman–Crippen LogP) is 0.367. The quantitative estimate of drug-likeness (QED) is 0.0965. The summed E-state index contributed by atoms with van der Waals surface area (Å²) in [6.07, 6.45) is -6.67. The van der Waals surface area contributed by atoms with Crippen LogP contribution in [0.3, 0.4) is 0 Å². The molecule has 0 amide bonds. The Balaban J connectivity index is 1.55. The van der Waals surface area contributed by atoms with E-state index in [1.807, 2.05) is 0 Å². The molecule has 3 aromatic rings. The van der Waals surface area contributed by atoms with Crippen LogP contribution in [0.2, 0.25) is 0 Å². The van der Waals surface area contributed by atoms with Gasteiger partial charge >= 0.3 is 11.9 Å². The van der Waals surface area contributed by atoms with E-state index in [2.05, 4.69) is 0 Å². The average Bonchev–Trinajstić information content (AvgIpc) is 2.98. The highest BCUT2D eigenvalue weighted by molar-refractivity contribution is 6.01. The van der Waals surface area contributed by atoms with Crippen molar-refractivity contribution in [2.45, 2.75) is 31.0 Å². The fourth-order valence-corrected chi connectivity index (χ4v) is 4.29. The molecule has 0 aromatic heterocycles. The molecule has 3 aromatic carbocycles. The third kappa shape index (κ3) is 5.69. The van der Waals surface area contributed by atoms with E-state index in [0.717, 1.165) is 12.1 Å². The molecule has 4 rings (SSSR count). The fourth-order valence-electron chi connectivity index (χ4n) is 4.29. The van der Waals surface area contributed by atoms with Crippen LogP contribution < -0.4 is 0 Å². The molecule has 0 aliphatic carbocycles. The Morgan fingerprint density at radius 1 is 0.750 bits per heavy atom. The van der Waals surface area contributed by atoms with Crippen LogP contribution in [-0.2, 0) is 14.2 Å². The molecule has 44 heavy (non-hydrogen) atoms. The Kier molecular flexibility index (Phi) is 8.48. The average molecular weight is 620 g/mol. The smallest absolute Gasteiger partial charge is 0.342 e. The molecular weight excluding hydrogens is 596 g/mol. The number of carbonyl (C=O) groups is 3. The monoisotopic (exact) mass is 620 g/mol. The van der Waals surface area contributed by atoms with E-state index in [4.69, 9.17) is 14.2 Å². The molecular formula is C27H24O17. The lowest BCUT2D eigenvalue weighted by molar-refractivity contribution is -0.250. The predicted molar refractivity (Wildman–Crippen MR) is 140 cm³/mol. The molecule has 0 unspecified atom stereocenters. The highest BCUT2D eigenvalue weighted by Crippen LogP contribution is 2.51. The molecule has 1 aliphatic heterocycles. The van der Waals surface area contributed by atoms with Gasteiger partial charge in [0, 0.05) is 23.1 Å². The first kappa shape index (κ1) is 31.3. The van der Waals surface area contributed by atoms with Crippen LogP contribution in [0.4, 0.5) is 0 Å². The Labute approximate surface area is 244 Å². The van der Waals surface area contributed by atoms with Crippen LogP contribution in [0, 0.1) is 0 Å². The summed E-state index contributed by atoms with van der Waals surface area (Å²) in [5.41, 5.74) is -3.10. The van der Waals surface area contributed by atoms with Gasteiger partial charge in [-0.3, -0.25) is 4.79 Å². The molecule has 11 N–H and O–H groups in total. The van der Waals surface area contributed by atoms with Gasteiger partial charge in [-0.2, -0.15) is 0 Å². The lowest BCUT2D eigenvalue weighted by Crippen LogP contribution is -2.50. The number of benzene rings is 3. The number of aliphatic hydroxyl groups is 2. The van der Waals surface area contributed by atoms with Gasteiger partial charge in [0.25, 0.3) is 0 Å². The normalized spacial score (nSPS) is 19.7. The minimum absolute atomic E-state index is 0.113. The van der Waals surface area contributed by atoms with Crippen LogP contribution in [0.1, 0.15) is 37.5 Å². The van der Waals surface area contributed by atoms with E-state index in [0.29, 0.717) is 12.1 Å². The van der Waals surface area contributed by atoms with Crippen molar-refractivity contribution in [2.75, 3.05) is 6.61 Å². The van der Waals surface area contributed by atoms with Crippen molar-refractivity contribution < 1.29 is 84.8 Å². The Morgan fingerprint density at radius 3 is 1.98 bits per heavy atom. The summed E-state index contributed by atoms with van der Waals surface area (Å²) >= 11 is 0. The number of aromatic hydroxyl groups is 9. The van der Waals surface area contributed by atoms with Crippen LogP contribution >= 0.6 is 0 Å². The standard InChI is InChI=1S/C27H24O17/c28-6-9-3-15(32)22(37)23(38)18(9)10-4-11(20(35)24(39)19(10)34)26(41)42-7-17-12(29)5-16(33)27(43-17)44-25(40)8-1-13(30)21(36)14(31)2-8/h1-4,6,12,16-17,27,29-39H,5,7H2/t12-,16+,17+,27-/m0/s1. The number of aliphatic hydroxyl groups excluding tert-OH is 2. The minimum atomic E-state index is -1.77. The largest absolute Gasteiger partial charge is 0.504 e. The number of hydrogen-bond donors (Lipinski definition) is 11. The number of phenols is 9. The summed E-state index contributed by atoms with van der Waals surface area (Å²) in [5.74, 6) is -12.0. The summed E-state index contributed by atoms with van der Waals surface area (Å²) in [6.45, 7) is -0.817. The first-order chi connectivity index (χ1) is 20.7. The van der Waals surface area contributed by atoms with Crippen molar-refractivity contribution in [3.8, 4) is 62.9 Å². The molecule has 4 atom stereocenters. The third-order valence-electron chi connectivity index (χ3n) is 6.59. The number of phenolic OH excluding ortho intramolecular Hbond substituents is 9. The summed E-state index contributed by atoms with van der Waals surface area (Å²) in [5, 5.41) is 110. The van der Waals surface area contributed by atoms with Gasteiger partial charge in [-0.05, 0) is 24.3 Å². The van der Waals surface area contributed by atoms with Gasteiger partial charge in [0.05, 0.1) is 11.7 Å². The number of rotatable bonds is 7. The first-order valence-electron chi connectivity index (χ1n) is 12.3. The van der Waals surface area contributed by atoms with Crippen molar-refractivity contribution in [3.05, 3.63) is 41.0 Å². The van der Waals surface area contributed by atoms with E-state index >= 15 is 0 Å². The van der Waals surface area contributed by atoms with Crippen molar-refractivity contribution in [2.24, 2.45) is 0 Å². The van der Waals surface area contributed by atoms with Crippen LogP contribution in [-0.4, -0.2) is 106 Å². The van der Waals surface area contributed by atoms with Crippen molar-refractivity contribution in [3.63, 3.8) is 0 Å². The second-order valence-electron chi connectivity index (χ2n) is 9.47. The molecule has 1 fully saturated rings. The molecule has 0 spiro atoms. The molecule has 1 saturated heterocycles. The van der Waals surface area contributed by atoms with E-state index in [9.17, 15) is 70.6 Å². The van der Waals surface area contributed by atoms with Gasteiger partial charge in [0.15, 0.2) is 46.5 Å². The summed E-state index contributed by atoms with van der Waals surface area (Å²) in [6, 6.07) is 2.91. The van der Waals surface area contributed by atoms with E-state index < -0.39 is 129 Å². The third-order valence-corrected chi connectivity index (χ3v) is 6.59. The maximum atomic E-state index is 12.9. The maximum absolute atomic E-state index is 12.9. The summed E-state index contributed by atoms with van der Waals surface area (Å²) < 4.78 is 15.4. The zero-order chi connectivity index (χ0) is 32.6. The number of aldehydes is 1. The highest BCUT2D eigenvalue weighted by Gasteiger charge is 2.40. The zero-order valence-corrected chi connectivity index (χ0v) is 22.0. The Bertz CT molecular complexity index is 1630. The summed E-state index contributed by atoms with van der Waals surface area (Å²) in [4.78, 5) is 36.9. The number of esters is 2. The van der Waals surface area contributed by atoms with Crippen LogP contribution in [0.5, 0.6) is 51.7 Å². The molecule has 0 radical (unpaired) electrons. The molecule has 234 valence electrons. The van der Waals surface area contributed by atoms with Gasteiger partial charge in [0.1, 0.15) is 24.4 Å². The molecule has 1 aliphatic rings.